The first-order chi connectivity index (χ1) is 6.69. The summed E-state index contributed by atoms with van der Waals surface area (Å²) in [6.07, 6.45) is 0.343. The highest BCUT2D eigenvalue weighted by molar-refractivity contribution is 6.34. The second-order valence-electron chi connectivity index (χ2n) is 3.06. The molecule has 0 spiro atoms. The van der Waals surface area contributed by atoms with Gasteiger partial charge >= 0.3 is 0 Å². The van der Waals surface area contributed by atoms with E-state index in [4.69, 9.17) is 0 Å². The minimum Gasteiger partial charge on any atom is -0.385 e. The lowest BCUT2D eigenvalue weighted by molar-refractivity contribution is -0.104. The molecule has 0 saturated carbocycles. The molecule has 0 bridgehead atoms. The summed E-state index contributed by atoms with van der Waals surface area (Å²) in [4.78, 5) is 21.6. The number of Topliss-reactive ketones (excluding diaryl/α,β-unsaturated/α-hetero) is 1. The van der Waals surface area contributed by atoms with E-state index in [1.807, 2.05) is 26.0 Å². The van der Waals surface area contributed by atoms with Gasteiger partial charge < -0.3 is 5.32 Å². The van der Waals surface area contributed by atoms with Crippen molar-refractivity contribution >= 4 is 17.8 Å². The molecule has 0 aliphatic heterocycles. The minimum atomic E-state index is -0.482. The first-order valence-electron chi connectivity index (χ1n) is 4.53. The number of hydrogen-bond acceptors (Lipinski definition) is 3. The van der Waals surface area contributed by atoms with Gasteiger partial charge in [0.05, 0.1) is 0 Å². The number of aldehydes is 1. The second-order valence-corrected chi connectivity index (χ2v) is 3.06. The summed E-state index contributed by atoms with van der Waals surface area (Å²) >= 11 is 0. The molecule has 1 aromatic rings. The largest absolute Gasteiger partial charge is 0.385 e. The van der Waals surface area contributed by atoms with Crippen LogP contribution in [0.3, 0.4) is 0 Å². The normalized spacial score (nSPS) is 9.57. The summed E-state index contributed by atoms with van der Waals surface area (Å²) in [6, 6.07) is 5.43. The fraction of sp³-hybridized carbons (Fsp3) is 0.273. The number of ketones is 1. The maximum atomic E-state index is 11.3. The molecule has 0 radical (unpaired) electrons. The van der Waals surface area contributed by atoms with Gasteiger partial charge in [-0.05, 0) is 26.0 Å². The molecule has 0 aliphatic carbocycles. The van der Waals surface area contributed by atoms with Gasteiger partial charge in [0.25, 0.3) is 0 Å². The molecule has 1 rings (SSSR count). The number of nitrogens with one attached hydrogen (secondary N) is 1. The van der Waals surface area contributed by atoms with Gasteiger partial charge in [0, 0.05) is 17.8 Å². The third-order valence-corrected chi connectivity index (χ3v) is 1.91. The van der Waals surface area contributed by atoms with Gasteiger partial charge in [-0.2, -0.15) is 0 Å². The number of rotatable bonds is 4. The minimum absolute atomic E-state index is 0.343. The van der Waals surface area contributed by atoms with Crippen molar-refractivity contribution in [1.29, 1.82) is 0 Å². The first kappa shape index (κ1) is 10.4. The standard InChI is InChI=1S/C11H13NO2/c1-3-12-10-5-4-8(2)6-9(10)11(14)7-13/h4-7,12H,3H2,1-2H3. The molecule has 0 aromatic heterocycles. The first-order valence-corrected chi connectivity index (χ1v) is 4.53. The van der Waals surface area contributed by atoms with Crippen LogP contribution in [0.15, 0.2) is 18.2 Å². The molecule has 74 valence electrons. The van der Waals surface area contributed by atoms with Crippen LogP contribution in [0.1, 0.15) is 22.8 Å². The average Bonchev–Trinajstić information content (AvgIpc) is 2.20. The topological polar surface area (TPSA) is 46.2 Å². The van der Waals surface area contributed by atoms with E-state index in [2.05, 4.69) is 5.32 Å². The average molecular weight is 191 g/mol. The molecule has 0 aliphatic rings. The molecular formula is C11H13NO2. The molecule has 0 saturated heterocycles. The Bertz CT molecular complexity index is 358. The SMILES string of the molecule is CCNc1ccc(C)cc1C(=O)C=O. The van der Waals surface area contributed by atoms with Crippen LogP contribution in [0.2, 0.25) is 0 Å². The molecule has 3 nitrogen and oxygen atoms in total. The number of aryl methyl sites for hydroxylation is 1. The van der Waals surface area contributed by atoms with Gasteiger partial charge in [0.2, 0.25) is 5.78 Å². The van der Waals surface area contributed by atoms with E-state index >= 15 is 0 Å². The Morgan fingerprint density at radius 2 is 2.21 bits per heavy atom. The van der Waals surface area contributed by atoms with Crippen LogP contribution in [0, 0.1) is 6.92 Å². The van der Waals surface area contributed by atoms with E-state index < -0.39 is 5.78 Å². The van der Waals surface area contributed by atoms with Gasteiger partial charge in [0.1, 0.15) is 0 Å². The lowest BCUT2D eigenvalue weighted by Gasteiger charge is -2.08. The van der Waals surface area contributed by atoms with Crippen molar-refractivity contribution in [1.82, 2.24) is 0 Å². The van der Waals surface area contributed by atoms with Crippen LogP contribution in [-0.2, 0) is 4.79 Å². The number of carbonyl (C=O) groups is 2. The quantitative estimate of drug-likeness (QED) is 0.448. The molecule has 3 heteroatoms. The second kappa shape index (κ2) is 4.56. The Morgan fingerprint density at radius 1 is 1.50 bits per heavy atom. The fourth-order valence-corrected chi connectivity index (χ4v) is 1.27. The van der Waals surface area contributed by atoms with E-state index in [-0.39, 0.29) is 0 Å². The van der Waals surface area contributed by atoms with E-state index in [9.17, 15) is 9.59 Å². The van der Waals surface area contributed by atoms with Crippen molar-refractivity contribution < 1.29 is 9.59 Å². The zero-order valence-corrected chi connectivity index (χ0v) is 8.33. The number of anilines is 1. The van der Waals surface area contributed by atoms with Gasteiger partial charge in [-0.15, -0.1) is 0 Å². The highest BCUT2D eigenvalue weighted by Crippen LogP contribution is 2.17. The van der Waals surface area contributed by atoms with Crippen molar-refractivity contribution in [3.8, 4) is 0 Å². The number of carbonyl (C=O) groups excluding carboxylic acids is 2. The van der Waals surface area contributed by atoms with Crippen molar-refractivity contribution in [2.45, 2.75) is 13.8 Å². The van der Waals surface area contributed by atoms with E-state index in [1.165, 1.54) is 0 Å². The van der Waals surface area contributed by atoms with Crippen LogP contribution < -0.4 is 5.32 Å². The Morgan fingerprint density at radius 3 is 2.79 bits per heavy atom. The summed E-state index contributed by atoms with van der Waals surface area (Å²) in [5.41, 5.74) is 2.13. The predicted octanol–water partition coefficient (Wildman–Crippen LogP) is 1.81. The predicted molar refractivity (Wildman–Crippen MR) is 55.7 cm³/mol. The van der Waals surface area contributed by atoms with Gasteiger partial charge in [-0.1, -0.05) is 11.6 Å². The molecule has 1 N–H and O–H groups in total. The van der Waals surface area contributed by atoms with Crippen molar-refractivity contribution in [2.75, 3.05) is 11.9 Å². The molecule has 1 aromatic carbocycles. The summed E-state index contributed by atoms with van der Waals surface area (Å²) in [5.74, 6) is -0.482. The van der Waals surface area contributed by atoms with Crippen LogP contribution in [0.25, 0.3) is 0 Å². The maximum absolute atomic E-state index is 11.3. The van der Waals surface area contributed by atoms with E-state index in [1.54, 1.807) is 6.07 Å². The van der Waals surface area contributed by atoms with Crippen LogP contribution in [-0.4, -0.2) is 18.6 Å². The Balaban J connectivity index is 3.14. The molecule has 0 amide bonds. The number of benzene rings is 1. The summed E-state index contributed by atoms with van der Waals surface area (Å²) in [6.45, 7) is 4.55. The Labute approximate surface area is 83.1 Å². The zero-order valence-electron chi connectivity index (χ0n) is 8.33. The third kappa shape index (κ3) is 2.19. The van der Waals surface area contributed by atoms with Crippen molar-refractivity contribution in [3.05, 3.63) is 29.3 Å². The zero-order chi connectivity index (χ0) is 10.6. The summed E-state index contributed by atoms with van der Waals surface area (Å²) in [7, 11) is 0. The molecule has 0 fully saturated rings. The Hall–Kier alpha value is -1.64. The molecule has 14 heavy (non-hydrogen) atoms. The van der Waals surface area contributed by atoms with Crippen LogP contribution in [0.5, 0.6) is 0 Å². The third-order valence-electron chi connectivity index (χ3n) is 1.91. The number of hydrogen-bond donors (Lipinski definition) is 1. The molecular weight excluding hydrogens is 178 g/mol. The lowest BCUT2D eigenvalue weighted by atomic mass is 10.1. The smallest absolute Gasteiger partial charge is 0.227 e. The molecule has 0 atom stereocenters. The summed E-state index contributed by atoms with van der Waals surface area (Å²) < 4.78 is 0. The molecule has 0 unspecified atom stereocenters. The van der Waals surface area contributed by atoms with Crippen molar-refractivity contribution in [2.24, 2.45) is 0 Å². The monoisotopic (exact) mass is 191 g/mol. The van der Waals surface area contributed by atoms with E-state index in [0.717, 1.165) is 17.8 Å². The van der Waals surface area contributed by atoms with E-state index in [0.29, 0.717) is 11.8 Å². The van der Waals surface area contributed by atoms with Gasteiger partial charge in [-0.25, -0.2) is 0 Å². The van der Waals surface area contributed by atoms with Crippen LogP contribution in [0.4, 0.5) is 5.69 Å². The van der Waals surface area contributed by atoms with Crippen LogP contribution >= 0.6 is 0 Å². The molecule has 0 heterocycles. The highest BCUT2D eigenvalue weighted by Gasteiger charge is 2.09. The fourth-order valence-electron chi connectivity index (χ4n) is 1.27. The van der Waals surface area contributed by atoms with Crippen molar-refractivity contribution in [3.63, 3.8) is 0 Å². The summed E-state index contributed by atoms with van der Waals surface area (Å²) in [5, 5.41) is 3.04. The van der Waals surface area contributed by atoms with Gasteiger partial charge in [0.15, 0.2) is 6.29 Å². The maximum Gasteiger partial charge on any atom is 0.227 e. The van der Waals surface area contributed by atoms with Gasteiger partial charge in [-0.3, -0.25) is 9.59 Å². The lowest BCUT2D eigenvalue weighted by Crippen LogP contribution is -2.07. The Kier molecular flexibility index (Phi) is 3.40. The highest BCUT2D eigenvalue weighted by atomic mass is 16.2.